The first-order valence-electron chi connectivity index (χ1n) is 10.5. The van der Waals surface area contributed by atoms with Gasteiger partial charge in [0.1, 0.15) is 5.75 Å². The Bertz CT molecular complexity index is 1030. The number of piperidine rings is 1. The summed E-state index contributed by atoms with van der Waals surface area (Å²) in [5.74, 6) is -0.671. The van der Waals surface area contributed by atoms with Crippen molar-refractivity contribution in [2.75, 3.05) is 33.5 Å². The van der Waals surface area contributed by atoms with E-state index in [1.807, 2.05) is 11.9 Å². The van der Waals surface area contributed by atoms with Gasteiger partial charge in [0.05, 0.1) is 23.8 Å². The van der Waals surface area contributed by atoms with Crippen LogP contribution < -0.4 is 4.74 Å². The van der Waals surface area contributed by atoms with E-state index in [0.29, 0.717) is 24.9 Å². The Morgan fingerprint density at radius 2 is 1.76 bits per heavy atom. The lowest BCUT2D eigenvalue weighted by atomic mass is 9.70. The summed E-state index contributed by atoms with van der Waals surface area (Å²) < 4.78 is 85.4. The average molecular weight is 506 g/mol. The Morgan fingerprint density at radius 3 is 2.32 bits per heavy atom. The zero-order chi connectivity index (χ0) is 25.3. The molecule has 2 aromatic carbocycles. The molecule has 34 heavy (non-hydrogen) atoms. The lowest BCUT2D eigenvalue weighted by molar-refractivity contribution is -0.138. The Labute approximate surface area is 198 Å². The summed E-state index contributed by atoms with van der Waals surface area (Å²) in [6, 6.07) is 6.66. The molecule has 1 aliphatic rings. The largest absolute Gasteiger partial charge is 0.496 e. The molecule has 0 aromatic heterocycles. The molecule has 1 unspecified atom stereocenters. The van der Waals surface area contributed by atoms with Gasteiger partial charge in [-0.1, -0.05) is 18.2 Å². The summed E-state index contributed by atoms with van der Waals surface area (Å²) in [5.41, 5.74) is -2.26. The van der Waals surface area contributed by atoms with E-state index in [1.54, 1.807) is 12.3 Å². The molecular weight excluding hydrogens is 480 g/mol. The maximum Gasteiger partial charge on any atom is 0.416 e. The summed E-state index contributed by atoms with van der Waals surface area (Å²) in [4.78, 5) is 15.7. The van der Waals surface area contributed by atoms with Crippen LogP contribution in [0.5, 0.6) is 5.75 Å². The summed E-state index contributed by atoms with van der Waals surface area (Å²) >= 11 is 0.987. The third-order valence-electron chi connectivity index (χ3n) is 6.18. The van der Waals surface area contributed by atoms with Crippen molar-refractivity contribution >= 4 is 17.5 Å². The molecule has 0 spiro atoms. The highest BCUT2D eigenvalue weighted by Crippen LogP contribution is 2.43. The van der Waals surface area contributed by atoms with E-state index in [-0.39, 0.29) is 22.6 Å². The minimum atomic E-state index is -4.62. The van der Waals surface area contributed by atoms with Crippen LogP contribution in [0.1, 0.15) is 46.3 Å². The Balaban J connectivity index is 2.09. The molecule has 0 aliphatic carbocycles. The summed E-state index contributed by atoms with van der Waals surface area (Å²) in [6.45, 7) is 1.08. The van der Waals surface area contributed by atoms with E-state index in [0.717, 1.165) is 42.6 Å². The van der Waals surface area contributed by atoms with Gasteiger partial charge >= 0.3 is 12.4 Å². The lowest BCUT2D eigenvalue weighted by Gasteiger charge is -2.42. The monoisotopic (exact) mass is 505 g/mol. The molecule has 10 heteroatoms. The molecule has 0 radical (unpaired) electrons. The number of ether oxygens (including phenoxy) is 1. The van der Waals surface area contributed by atoms with Crippen LogP contribution in [-0.2, 0) is 17.8 Å². The fraction of sp³-hybridized carbons (Fsp3) is 0.458. The highest BCUT2D eigenvalue weighted by atomic mass is 32.2. The first-order valence-corrected chi connectivity index (χ1v) is 11.8. The normalized spacial score (nSPS) is 19.8. The SMILES string of the molecule is COc1cc(C(F)(F)F)cc(SC)c1C(=O)CC1(c2cccc(C(F)(F)F)c2)CCCN(C)C1. The first kappa shape index (κ1) is 26.4. The van der Waals surface area contributed by atoms with Crippen molar-refractivity contribution in [2.45, 2.75) is 41.9 Å². The van der Waals surface area contributed by atoms with Crippen LogP contribution in [0.25, 0.3) is 0 Å². The van der Waals surface area contributed by atoms with Gasteiger partial charge in [-0.3, -0.25) is 4.79 Å². The van der Waals surface area contributed by atoms with Crippen LogP contribution in [0.3, 0.4) is 0 Å². The fourth-order valence-corrected chi connectivity index (χ4v) is 5.28. The third kappa shape index (κ3) is 5.54. The second-order valence-electron chi connectivity index (χ2n) is 8.55. The predicted octanol–water partition coefficient (Wildman–Crippen LogP) is 6.69. The molecule has 0 saturated carbocycles. The molecule has 3 nitrogen and oxygen atoms in total. The van der Waals surface area contributed by atoms with Crippen molar-refractivity contribution in [1.82, 2.24) is 4.90 Å². The van der Waals surface area contributed by atoms with Gasteiger partial charge in [-0.2, -0.15) is 26.3 Å². The van der Waals surface area contributed by atoms with E-state index in [4.69, 9.17) is 4.74 Å². The number of alkyl halides is 6. The molecule has 1 fully saturated rings. The Morgan fingerprint density at radius 1 is 1.09 bits per heavy atom. The molecule has 1 atom stereocenters. The van der Waals surface area contributed by atoms with Crippen LogP contribution in [-0.4, -0.2) is 44.2 Å². The molecule has 3 rings (SSSR count). The zero-order valence-corrected chi connectivity index (χ0v) is 19.8. The second-order valence-corrected chi connectivity index (χ2v) is 9.40. The molecule has 2 aromatic rings. The molecule has 186 valence electrons. The van der Waals surface area contributed by atoms with Gasteiger partial charge in [-0.25, -0.2) is 0 Å². The van der Waals surface area contributed by atoms with Gasteiger partial charge in [-0.05, 0) is 56.5 Å². The molecule has 0 amide bonds. The highest BCUT2D eigenvalue weighted by molar-refractivity contribution is 7.98. The van der Waals surface area contributed by atoms with Gasteiger partial charge < -0.3 is 9.64 Å². The van der Waals surface area contributed by atoms with Gasteiger partial charge in [0.2, 0.25) is 0 Å². The second kappa shape index (κ2) is 9.81. The highest BCUT2D eigenvalue weighted by Gasteiger charge is 2.41. The number of hydrogen-bond donors (Lipinski definition) is 0. The van der Waals surface area contributed by atoms with Crippen LogP contribution in [0.4, 0.5) is 26.3 Å². The molecular formula is C24H25F6NO2S. The number of Topliss-reactive ketones (excluding diaryl/α,β-unsaturated/α-hetero) is 1. The Kier molecular flexibility index (Phi) is 7.62. The number of benzene rings is 2. The van der Waals surface area contributed by atoms with E-state index in [9.17, 15) is 31.1 Å². The topological polar surface area (TPSA) is 29.5 Å². The molecule has 0 N–H and O–H groups in total. The number of likely N-dealkylation sites (N-methyl/N-ethyl adjacent to an activating group) is 1. The summed E-state index contributed by atoms with van der Waals surface area (Å²) in [7, 11) is 3.02. The number of thioether (sulfide) groups is 1. The predicted molar refractivity (Wildman–Crippen MR) is 119 cm³/mol. The quantitative estimate of drug-likeness (QED) is 0.249. The third-order valence-corrected chi connectivity index (χ3v) is 6.94. The maximum atomic E-state index is 13.6. The van der Waals surface area contributed by atoms with Crippen LogP contribution in [0, 0.1) is 0 Å². The minimum Gasteiger partial charge on any atom is -0.496 e. The minimum absolute atomic E-state index is 0.0163. The molecule has 0 bridgehead atoms. The zero-order valence-electron chi connectivity index (χ0n) is 18.9. The number of rotatable bonds is 6. The lowest BCUT2D eigenvalue weighted by Crippen LogP contribution is -2.45. The number of hydrogen-bond acceptors (Lipinski definition) is 4. The van der Waals surface area contributed by atoms with Gasteiger partial charge in [0.15, 0.2) is 5.78 Å². The Hall–Kier alpha value is -2.20. The van der Waals surface area contributed by atoms with E-state index >= 15 is 0 Å². The molecule has 1 aliphatic heterocycles. The van der Waals surface area contributed by atoms with Crippen LogP contribution >= 0.6 is 11.8 Å². The van der Waals surface area contributed by atoms with Gasteiger partial charge in [-0.15, -0.1) is 11.8 Å². The smallest absolute Gasteiger partial charge is 0.416 e. The van der Waals surface area contributed by atoms with Crippen molar-refractivity contribution in [3.63, 3.8) is 0 Å². The number of methoxy groups -OCH3 is 1. The van der Waals surface area contributed by atoms with Gasteiger partial charge in [0, 0.05) is 23.3 Å². The van der Waals surface area contributed by atoms with Crippen LogP contribution in [0.2, 0.25) is 0 Å². The first-order chi connectivity index (χ1) is 15.8. The van der Waals surface area contributed by atoms with Crippen molar-refractivity contribution < 1.29 is 35.9 Å². The number of nitrogens with zero attached hydrogens (tertiary/aromatic N) is 1. The number of ketones is 1. The van der Waals surface area contributed by atoms with Crippen LogP contribution in [0.15, 0.2) is 41.3 Å². The average Bonchev–Trinajstić information content (AvgIpc) is 2.76. The van der Waals surface area contributed by atoms with E-state index in [2.05, 4.69) is 0 Å². The number of carbonyl (C=O) groups is 1. The fourth-order valence-electron chi connectivity index (χ4n) is 4.62. The standard InChI is InChI=1S/C24H25F6NO2S/c1-31-9-5-8-22(14-31,15-6-4-7-16(10-15)23(25,26)27)13-18(32)21-19(33-2)11-17(24(28,29)30)12-20(21)34-3/h4,6-7,10-12H,5,8-9,13-14H2,1-3H3. The number of likely N-dealkylation sites (tertiary alicyclic amines) is 1. The summed E-state index contributed by atoms with van der Waals surface area (Å²) in [6.07, 6.45) is -6.62. The summed E-state index contributed by atoms with van der Waals surface area (Å²) in [5, 5.41) is 0. The number of carbonyl (C=O) groups excluding carboxylic acids is 1. The molecule has 1 saturated heterocycles. The maximum absolute atomic E-state index is 13.6. The van der Waals surface area contributed by atoms with Crippen molar-refractivity contribution in [3.05, 3.63) is 58.7 Å². The van der Waals surface area contributed by atoms with Crippen molar-refractivity contribution in [3.8, 4) is 5.75 Å². The van der Waals surface area contributed by atoms with E-state index in [1.165, 1.54) is 13.2 Å². The van der Waals surface area contributed by atoms with Crippen molar-refractivity contribution in [1.29, 1.82) is 0 Å². The van der Waals surface area contributed by atoms with Crippen molar-refractivity contribution in [2.24, 2.45) is 0 Å². The molecule has 1 heterocycles. The number of halogens is 6. The van der Waals surface area contributed by atoms with E-state index < -0.39 is 34.7 Å². The van der Waals surface area contributed by atoms with Gasteiger partial charge in [0.25, 0.3) is 0 Å².